The van der Waals surface area contributed by atoms with Crippen molar-refractivity contribution in [1.82, 2.24) is 5.32 Å². The van der Waals surface area contributed by atoms with E-state index in [1.54, 1.807) is 6.07 Å². The standard InChI is InChI=1S/C10H14N2O3S/c11-6-5-15-7(9(6)13)4-12-10(14)8-2-1-3-16-8/h1-3,6-7,9,13H,4-5,11H2,(H,12,14). The van der Waals surface area contributed by atoms with Crippen molar-refractivity contribution in [3.05, 3.63) is 22.4 Å². The van der Waals surface area contributed by atoms with Crippen LogP contribution < -0.4 is 11.1 Å². The largest absolute Gasteiger partial charge is 0.389 e. The third-order valence-corrected chi connectivity index (χ3v) is 3.40. The molecule has 6 heteroatoms. The number of aliphatic hydroxyl groups excluding tert-OH is 1. The van der Waals surface area contributed by atoms with Gasteiger partial charge in [0.05, 0.1) is 23.6 Å². The Morgan fingerprint density at radius 2 is 2.56 bits per heavy atom. The fraction of sp³-hybridized carbons (Fsp3) is 0.500. The molecule has 3 unspecified atom stereocenters. The first-order valence-corrected chi connectivity index (χ1v) is 5.93. The van der Waals surface area contributed by atoms with Gasteiger partial charge in [0.25, 0.3) is 5.91 Å². The average molecular weight is 242 g/mol. The maximum atomic E-state index is 11.6. The van der Waals surface area contributed by atoms with Gasteiger partial charge in [-0.15, -0.1) is 11.3 Å². The zero-order valence-corrected chi connectivity index (χ0v) is 9.44. The molecular formula is C10H14N2O3S. The molecular weight excluding hydrogens is 228 g/mol. The number of hydrogen-bond acceptors (Lipinski definition) is 5. The number of carbonyl (C=O) groups excluding carboxylic acids is 1. The van der Waals surface area contributed by atoms with Crippen LogP contribution >= 0.6 is 11.3 Å². The van der Waals surface area contributed by atoms with E-state index >= 15 is 0 Å². The van der Waals surface area contributed by atoms with Gasteiger partial charge in [-0.2, -0.15) is 0 Å². The maximum Gasteiger partial charge on any atom is 0.261 e. The van der Waals surface area contributed by atoms with Gasteiger partial charge in [-0.3, -0.25) is 4.79 Å². The molecule has 1 amide bonds. The molecule has 1 aliphatic heterocycles. The van der Waals surface area contributed by atoms with Gasteiger partial charge >= 0.3 is 0 Å². The molecule has 0 radical (unpaired) electrons. The van der Waals surface area contributed by atoms with Crippen molar-refractivity contribution >= 4 is 17.2 Å². The summed E-state index contributed by atoms with van der Waals surface area (Å²) < 4.78 is 5.26. The molecule has 1 aliphatic rings. The number of aliphatic hydroxyl groups is 1. The van der Waals surface area contributed by atoms with E-state index in [0.29, 0.717) is 11.5 Å². The first-order chi connectivity index (χ1) is 7.68. The van der Waals surface area contributed by atoms with E-state index in [4.69, 9.17) is 10.5 Å². The smallest absolute Gasteiger partial charge is 0.261 e. The quantitative estimate of drug-likeness (QED) is 0.671. The number of thiophene rings is 1. The molecule has 88 valence electrons. The topological polar surface area (TPSA) is 84.6 Å². The molecule has 1 saturated heterocycles. The molecule has 3 atom stereocenters. The molecule has 16 heavy (non-hydrogen) atoms. The molecule has 4 N–H and O–H groups in total. The Hall–Kier alpha value is -0.950. The van der Waals surface area contributed by atoms with Crippen LogP contribution in [0.4, 0.5) is 0 Å². The zero-order valence-electron chi connectivity index (χ0n) is 8.63. The van der Waals surface area contributed by atoms with E-state index in [0.717, 1.165) is 0 Å². The van der Waals surface area contributed by atoms with Gasteiger partial charge < -0.3 is 20.9 Å². The van der Waals surface area contributed by atoms with Gasteiger partial charge in [0.2, 0.25) is 0 Å². The van der Waals surface area contributed by atoms with Crippen LogP contribution in [-0.2, 0) is 4.74 Å². The first-order valence-electron chi connectivity index (χ1n) is 5.05. The van der Waals surface area contributed by atoms with Gasteiger partial charge in [-0.05, 0) is 11.4 Å². The second kappa shape index (κ2) is 4.92. The van der Waals surface area contributed by atoms with E-state index in [2.05, 4.69) is 5.32 Å². The lowest BCUT2D eigenvalue weighted by molar-refractivity contribution is 0.0408. The summed E-state index contributed by atoms with van der Waals surface area (Å²) in [6.07, 6.45) is -1.11. The summed E-state index contributed by atoms with van der Waals surface area (Å²) >= 11 is 1.37. The second-order valence-electron chi connectivity index (χ2n) is 3.71. The summed E-state index contributed by atoms with van der Waals surface area (Å²) in [5, 5.41) is 14.2. The zero-order chi connectivity index (χ0) is 11.5. The minimum atomic E-state index is -0.705. The Kier molecular flexibility index (Phi) is 3.55. The van der Waals surface area contributed by atoms with E-state index in [1.165, 1.54) is 11.3 Å². The minimum Gasteiger partial charge on any atom is -0.389 e. The number of ether oxygens (including phenoxy) is 1. The van der Waals surface area contributed by atoms with Crippen LogP contribution in [0, 0.1) is 0 Å². The van der Waals surface area contributed by atoms with Crippen LogP contribution in [0.15, 0.2) is 17.5 Å². The molecule has 0 aliphatic carbocycles. The van der Waals surface area contributed by atoms with Crippen molar-refractivity contribution in [2.75, 3.05) is 13.2 Å². The summed E-state index contributed by atoms with van der Waals surface area (Å²) in [7, 11) is 0. The van der Waals surface area contributed by atoms with Crippen LogP contribution in [-0.4, -0.2) is 42.4 Å². The van der Waals surface area contributed by atoms with Crippen LogP contribution in [0.5, 0.6) is 0 Å². The monoisotopic (exact) mass is 242 g/mol. The number of hydrogen-bond donors (Lipinski definition) is 3. The number of nitrogens with one attached hydrogen (secondary N) is 1. The molecule has 0 aromatic carbocycles. The summed E-state index contributed by atoms with van der Waals surface area (Å²) in [6.45, 7) is 0.617. The lowest BCUT2D eigenvalue weighted by Crippen LogP contribution is -2.42. The number of nitrogens with two attached hydrogens (primary N) is 1. The lowest BCUT2D eigenvalue weighted by Gasteiger charge is -2.15. The Labute approximate surface area is 97.2 Å². The summed E-state index contributed by atoms with van der Waals surface area (Å²) in [5.74, 6) is -0.147. The number of amides is 1. The van der Waals surface area contributed by atoms with Crippen LogP contribution in [0.1, 0.15) is 9.67 Å². The van der Waals surface area contributed by atoms with Gasteiger partial charge in [0.1, 0.15) is 6.10 Å². The Bertz CT molecular complexity index is 355. The predicted molar refractivity (Wildman–Crippen MR) is 60.4 cm³/mol. The molecule has 1 aromatic heterocycles. The Morgan fingerprint density at radius 1 is 1.75 bits per heavy atom. The van der Waals surface area contributed by atoms with Crippen LogP contribution in [0.2, 0.25) is 0 Å². The normalized spacial score (nSPS) is 29.2. The fourth-order valence-corrected chi connectivity index (χ4v) is 2.22. The third-order valence-electron chi connectivity index (χ3n) is 2.53. The first kappa shape index (κ1) is 11.5. The van der Waals surface area contributed by atoms with Crippen molar-refractivity contribution in [2.45, 2.75) is 18.2 Å². The number of carbonyl (C=O) groups is 1. The highest BCUT2D eigenvalue weighted by Gasteiger charge is 2.33. The minimum absolute atomic E-state index is 0.147. The fourth-order valence-electron chi connectivity index (χ4n) is 1.58. The van der Waals surface area contributed by atoms with Crippen molar-refractivity contribution in [2.24, 2.45) is 5.73 Å². The summed E-state index contributed by atoms with van der Waals surface area (Å²) in [4.78, 5) is 12.2. The maximum absolute atomic E-state index is 11.6. The number of rotatable bonds is 3. The van der Waals surface area contributed by atoms with E-state index < -0.39 is 12.2 Å². The van der Waals surface area contributed by atoms with E-state index in [1.807, 2.05) is 11.4 Å². The van der Waals surface area contributed by atoms with Crippen molar-refractivity contribution < 1.29 is 14.6 Å². The van der Waals surface area contributed by atoms with Crippen molar-refractivity contribution in [1.29, 1.82) is 0 Å². The third kappa shape index (κ3) is 2.41. The predicted octanol–water partition coefficient (Wildman–Crippen LogP) is -0.435. The van der Waals surface area contributed by atoms with E-state index in [9.17, 15) is 9.90 Å². The second-order valence-corrected chi connectivity index (χ2v) is 4.66. The van der Waals surface area contributed by atoms with Gasteiger partial charge in [0.15, 0.2) is 0 Å². The average Bonchev–Trinajstić information content (AvgIpc) is 2.89. The van der Waals surface area contributed by atoms with Crippen LogP contribution in [0.3, 0.4) is 0 Å². The Morgan fingerprint density at radius 3 is 3.12 bits per heavy atom. The molecule has 5 nitrogen and oxygen atoms in total. The molecule has 0 bridgehead atoms. The molecule has 0 saturated carbocycles. The van der Waals surface area contributed by atoms with Crippen LogP contribution in [0.25, 0.3) is 0 Å². The van der Waals surface area contributed by atoms with E-state index in [-0.39, 0.29) is 18.5 Å². The molecule has 2 rings (SSSR count). The highest BCUT2D eigenvalue weighted by molar-refractivity contribution is 7.12. The molecule has 1 fully saturated rings. The molecule has 2 heterocycles. The van der Waals surface area contributed by atoms with Crippen molar-refractivity contribution in [3.63, 3.8) is 0 Å². The lowest BCUT2D eigenvalue weighted by atomic mass is 10.1. The van der Waals surface area contributed by atoms with Crippen molar-refractivity contribution in [3.8, 4) is 0 Å². The molecule has 1 aromatic rings. The molecule has 0 spiro atoms. The summed E-state index contributed by atoms with van der Waals surface area (Å²) in [6, 6.07) is 3.21. The van der Waals surface area contributed by atoms with Gasteiger partial charge in [0, 0.05) is 6.54 Å². The Balaban J connectivity index is 1.82. The SMILES string of the molecule is NC1COC(CNC(=O)c2cccs2)C1O. The van der Waals surface area contributed by atoms with Gasteiger partial charge in [-0.25, -0.2) is 0 Å². The summed E-state index contributed by atoms with van der Waals surface area (Å²) in [5.41, 5.74) is 5.58. The highest BCUT2D eigenvalue weighted by atomic mass is 32.1. The van der Waals surface area contributed by atoms with Gasteiger partial charge in [-0.1, -0.05) is 6.07 Å². The highest BCUT2D eigenvalue weighted by Crippen LogP contribution is 2.12.